The summed E-state index contributed by atoms with van der Waals surface area (Å²) in [6, 6.07) is 14.1. The highest BCUT2D eigenvalue weighted by Crippen LogP contribution is 2.29. The van der Waals surface area contributed by atoms with Gasteiger partial charge in [-0.25, -0.2) is 0 Å². The Kier molecular flexibility index (Phi) is 5.55. The van der Waals surface area contributed by atoms with E-state index in [0.29, 0.717) is 27.2 Å². The van der Waals surface area contributed by atoms with Gasteiger partial charge in [-0.1, -0.05) is 41.4 Å². The standard InChI is InChI=1S/C20H17Cl2NO3/c1-12-6-7-14(21)10-17(12)23-20(24)18-9-8-15(26-18)11-25-19-13(2)4-3-5-16(19)22/h3-10H,11H2,1-2H3,(H,23,24). The Bertz CT molecular complexity index is 930. The lowest BCUT2D eigenvalue weighted by atomic mass is 10.2. The predicted molar refractivity (Wildman–Crippen MR) is 103 cm³/mol. The molecule has 6 heteroatoms. The van der Waals surface area contributed by atoms with Crippen LogP contribution in [-0.2, 0) is 6.61 Å². The molecule has 0 atom stereocenters. The number of rotatable bonds is 5. The van der Waals surface area contributed by atoms with Crippen LogP contribution in [0.3, 0.4) is 0 Å². The lowest BCUT2D eigenvalue weighted by molar-refractivity contribution is 0.0992. The predicted octanol–water partition coefficient (Wildman–Crippen LogP) is 6.03. The van der Waals surface area contributed by atoms with Gasteiger partial charge in [0, 0.05) is 10.7 Å². The average Bonchev–Trinajstić information content (AvgIpc) is 3.07. The molecule has 3 aromatic rings. The van der Waals surface area contributed by atoms with E-state index in [9.17, 15) is 4.79 Å². The Labute approximate surface area is 161 Å². The van der Waals surface area contributed by atoms with E-state index in [-0.39, 0.29) is 18.3 Å². The van der Waals surface area contributed by atoms with Crippen molar-refractivity contribution in [2.45, 2.75) is 20.5 Å². The van der Waals surface area contributed by atoms with E-state index < -0.39 is 0 Å². The zero-order valence-electron chi connectivity index (χ0n) is 14.3. The molecule has 0 spiro atoms. The first-order chi connectivity index (χ1) is 12.4. The van der Waals surface area contributed by atoms with Crippen LogP contribution in [0.1, 0.15) is 27.4 Å². The third-order valence-electron chi connectivity index (χ3n) is 3.86. The van der Waals surface area contributed by atoms with Gasteiger partial charge in [-0.3, -0.25) is 4.79 Å². The number of hydrogen-bond acceptors (Lipinski definition) is 3. The Morgan fingerprint density at radius 1 is 1.08 bits per heavy atom. The molecule has 1 N–H and O–H groups in total. The van der Waals surface area contributed by atoms with E-state index in [1.54, 1.807) is 30.3 Å². The number of carbonyl (C=O) groups is 1. The number of nitrogens with one attached hydrogen (secondary N) is 1. The molecular weight excluding hydrogens is 373 g/mol. The molecule has 0 unspecified atom stereocenters. The van der Waals surface area contributed by atoms with Gasteiger partial charge in [0.2, 0.25) is 0 Å². The molecule has 0 bridgehead atoms. The van der Waals surface area contributed by atoms with Crippen LogP contribution < -0.4 is 10.1 Å². The second kappa shape index (κ2) is 7.85. The molecule has 1 amide bonds. The summed E-state index contributed by atoms with van der Waals surface area (Å²) in [5.41, 5.74) is 2.48. The number of para-hydroxylation sites is 1. The number of carbonyl (C=O) groups excluding carboxylic acids is 1. The molecule has 4 nitrogen and oxygen atoms in total. The zero-order chi connectivity index (χ0) is 18.7. The van der Waals surface area contributed by atoms with E-state index >= 15 is 0 Å². The van der Waals surface area contributed by atoms with Crippen LogP contribution in [0.4, 0.5) is 5.69 Å². The Morgan fingerprint density at radius 2 is 1.88 bits per heavy atom. The Balaban J connectivity index is 1.67. The summed E-state index contributed by atoms with van der Waals surface area (Å²) < 4.78 is 11.3. The van der Waals surface area contributed by atoms with Gasteiger partial charge in [-0.05, 0) is 55.3 Å². The Morgan fingerprint density at radius 3 is 2.65 bits per heavy atom. The van der Waals surface area contributed by atoms with Crippen molar-refractivity contribution in [1.29, 1.82) is 0 Å². The van der Waals surface area contributed by atoms with Gasteiger partial charge in [0.25, 0.3) is 5.91 Å². The second-order valence-corrected chi connectivity index (χ2v) is 6.70. The fourth-order valence-electron chi connectivity index (χ4n) is 2.43. The molecule has 134 valence electrons. The van der Waals surface area contributed by atoms with Crippen LogP contribution in [0.15, 0.2) is 52.9 Å². The number of furan rings is 1. The van der Waals surface area contributed by atoms with Crippen molar-refractivity contribution >= 4 is 34.8 Å². The van der Waals surface area contributed by atoms with Gasteiger partial charge in [-0.15, -0.1) is 0 Å². The van der Waals surface area contributed by atoms with Crippen molar-refractivity contribution in [3.63, 3.8) is 0 Å². The minimum Gasteiger partial charge on any atom is -0.484 e. The van der Waals surface area contributed by atoms with Crippen LogP contribution >= 0.6 is 23.2 Å². The molecule has 0 aliphatic rings. The largest absolute Gasteiger partial charge is 0.484 e. The van der Waals surface area contributed by atoms with Gasteiger partial charge in [0.1, 0.15) is 18.1 Å². The van der Waals surface area contributed by atoms with Gasteiger partial charge in [0.15, 0.2) is 5.76 Å². The number of ether oxygens (including phenoxy) is 1. The summed E-state index contributed by atoms with van der Waals surface area (Å²) in [6.07, 6.45) is 0. The van der Waals surface area contributed by atoms with Crippen LogP contribution in [0, 0.1) is 13.8 Å². The van der Waals surface area contributed by atoms with Crippen molar-refractivity contribution in [2.75, 3.05) is 5.32 Å². The van der Waals surface area contributed by atoms with E-state index in [2.05, 4.69) is 5.32 Å². The first-order valence-electron chi connectivity index (χ1n) is 7.98. The van der Waals surface area contributed by atoms with Crippen molar-refractivity contribution < 1.29 is 13.9 Å². The van der Waals surface area contributed by atoms with Gasteiger partial charge in [-0.2, -0.15) is 0 Å². The highest BCUT2D eigenvalue weighted by molar-refractivity contribution is 6.32. The molecule has 0 saturated carbocycles. The molecule has 26 heavy (non-hydrogen) atoms. The fraction of sp³-hybridized carbons (Fsp3) is 0.150. The molecule has 0 radical (unpaired) electrons. The number of anilines is 1. The molecule has 1 aromatic heterocycles. The van der Waals surface area contributed by atoms with Crippen LogP contribution in [0.25, 0.3) is 0 Å². The number of hydrogen-bond donors (Lipinski definition) is 1. The first kappa shape index (κ1) is 18.4. The number of halogens is 2. The molecule has 0 aliphatic heterocycles. The van der Waals surface area contributed by atoms with Gasteiger partial charge < -0.3 is 14.5 Å². The summed E-state index contributed by atoms with van der Waals surface area (Å²) in [5.74, 6) is 0.970. The zero-order valence-corrected chi connectivity index (χ0v) is 15.8. The van der Waals surface area contributed by atoms with Crippen LogP contribution in [-0.4, -0.2) is 5.91 Å². The topological polar surface area (TPSA) is 51.5 Å². The lowest BCUT2D eigenvalue weighted by Gasteiger charge is -2.09. The third-order valence-corrected chi connectivity index (χ3v) is 4.39. The summed E-state index contributed by atoms with van der Waals surface area (Å²) in [5, 5.41) is 3.88. The highest BCUT2D eigenvalue weighted by Gasteiger charge is 2.14. The third kappa shape index (κ3) is 4.21. The first-order valence-corrected chi connectivity index (χ1v) is 8.74. The molecule has 0 saturated heterocycles. The minimum atomic E-state index is -0.351. The maximum absolute atomic E-state index is 12.4. The molecule has 3 rings (SSSR count). The van der Waals surface area contributed by atoms with Gasteiger partial charge >= 0.3 is 0 Å². The van der Waals surface area contributed by atoms with Crippen LogP contribution in [0.2, 0.25) is 10.0 Å². The van der Waals surface area contributed by atoms with E-state index in [0.717, 1.165) is 11.1 Å². The van der Waals surface area contributed by atoms with E-state index in [1.807, 2.05) is 32.0 Å². The summed E-state index contributed by atoms with van der Waals surface area (Å²) in [6.45, 7) is 3.98. The molecular formula is C20H17Cl2NO3. The summed E-state index contributed by atoms with van der Waals surface area (Å²) in [7, 11) is 0. The molecule has 0 aliphatic carbocycles. The molecule has 2 aromatic carbocycles. The summed E-state index contributed by atoms with van der Waals surface area (Å²) >= 11 is 12.1. The Hall–Kier alpha value is -2.43. The monoisotopic (exact) mass is 389 g/mol. The fourth-order valence-corrected chi connectivity index (χ4v) is 2.88. The van der Waals surface area contributed by atoms with E-state index in [1.165, 1.54) is 0 Å². The van der Waals surface area contributed by atoms with Crippen molar-refractivity contribution in [1.82, 2.24) is 0 Å². The SMILES string of the molecule is Cc1ccc(Cl)cc1NC(=O)c1ccc(COc2c(C)cccc2Cl)o1. The van der Waals surface area contributed by atoms with Crippen molar-refractivity contribution in [3.8, 4) is 5.75 Å². The normalized spacial score (nSPS) is 10.6. The lowest BCUT2D eigenvalue weighted by Crippen LogP contribution is -2.11. The highest BCUT2D eigenvalue weighted by atomic mass is 35.5. The quantitative estimate of drug-likeness (QED) is 0.578. The van der Waals surface area contributed by atoms with E-state index in [4.69, 9.17) is 32.4 Å². The minimum absolute atomic E-state index is 0.175. The number of aryl methyl sites for hydroxylation is 2. The number of benzene rings is 2. The van der Waals surface area contributed by atoms with Crippen molar-refractivity contribution in [2.24, 2.45) is 0 Å². The second-order valence-electron chi connectivity index (χ2n) is 5.85. The molecule has 1 heterocycles. The average molecular weight is 390 g/mol. The number of amides is 1. The van der Waals surface area contributed by atoms with Crippen molar-refractivity contribution in [3.05, 3.63) is 81.2 Å². The maximum Gasteiger partial charge on any atom is 0.291 e. The summed E-state index contributed by atoms with van der Waals surface area (Å²) in [4.78, 5) is 12.4. The van der Waals surface area contributed by atoms with Gasteiger partial charge in [0.05, 0.1) is 5.02 Å². The smallest absolute Gasteiger partial charge is 0.291 e. The maximum atomic E-state index is 12.4. The molecule has 0 fully saturated rings. The van der Waals surface area contributed by atoms with Crippen LogP contribution in [0.5, 0.6) is 5.75 Å².